The number of rotatable bonds is 5. The van der Waals surface area contributed by atoms with Crippen molar-refractivity contribution in [1.82, 2.24) is 5.32 Å². The predicted molar refractivity (Wildman–Crippen MR) is 76.8 cm³/mol. The van der Waals surface area contributed by atoms with Gasteiger partial charge in [0.05, 0.1) is 5.75 Å². The first-order valence-corrected chi connectivity index (χ1v) is 8.18. The van der Waals surface area contributed by atoms with Crippen molar-refractivity contribution < 1.29 is 17.9 Å². The fourth-order valence-corrected chi connectivity index (χ4v) is 3.34. The van der Waals surface area contributed by atoms with Crippen molar-refractivity contribution in [2.45, 2.75) is 53.2 Å². The first-order valence-electron chi connectivity index (χ1n) is 6.36. The van der Waals surface area contributed by atoms with E-state index in [0.29, 0.717) is 0 Å². The topological polar surface area (TPSA) is 72.5 Å². The number of esters is 1. The molecule has 0 radical (unpaired) electrons. The summed E-state index contributed by atoms with van der Waals surface area (Å²) in [6.07, 6.45) is 0. The van der Waals surface area contributed by atoms with E-state index in [2.05, 4.69) is 5.32 Å². The van der Waals surface area contributed by atoms with Crippen LogP contribution in [0.3, 0.4) is 0 Å². The van der Waals surface area contributed by atoms with Gasteiger partial charge in [-0.3, -0.25) is 4.79 Å². The lowest BCUT2D eigenvalue weighted by atomic mass is 9.88. The highest BCUT2D eigenvalue weighted by molar-refractivity contribution is 7.92. The van der Waals surface area contributed by atoms with Crippen LogP contribution in [0.15, 0.2) is 0 Å². The molecule has 0 fully saturated rings. The Kier molecular flexibility index (Phi) is 6.02. The van der Waals surface area contributed by atoms with Gasteiger partial charge in [0.1, 0.15) is 11.4 Å². The molecule has 1 atom stereocenters. The Labute approximate surface area is 117 Å². The number of sulfone groups is 1. The van der Waals surface area contributed by atoms with Gasteiger partial charge in [-0.15, -0.1) is 0 Å². The van der Waals surface area contributed by atoms with Gasteiger partial charge in [-0.2, -0.15) is 0 Å². The third kappa shape index (κ3) is 8.21. The molecule has 0 amide bonds. The first-order chi connectivity index (χ1) is 8.27. The number of hydrogen-bond donors (Lipinski definition) is 1. The molecule has 0 heterocycles. The van der Waals surface area contributed by atoms with Gasteiger partial charge < -0.3 is 10.1 Å². The van der Waals surface area contributed by atoms with E-state index in [-0.39, 0.29) is 17.2 Å². The molecular formula is C13H27NO4S. The Morgan fingerprint density at radius 3 is 1.95 bits per heavy atom. The largest absolute Gasteiger partial charge is 0.459 e. The van der Waals surface area contributed by atoms with Crippen LogP contribution in [-0.4, -0.2) is 44.6 Å². The fourth-order valence-electron chi connectivity index (χ4n) is 1.63. The quantitative estimate of drug-likeness (QED) is 0.775. The number of carbonyl (C=O) groups is 1. The molecule has 114 valence electrons. The molecular weight excluding hydrogens is 266 g/mol. The second-order valence-corrected chi connectivity index (χ2v) is 8.96. The Balaban J connectivity index is 4.69. The lowest BCUT2D eigenvalue weighted by molar-refractivity contribution is -0.151. The number of nitrogens with one attached hydrogen (secondary N) is 1. The minimum Gasteiger partial charge on any atom is -0.459 e. The Morgan fingerprint density at radius 1 is 1.16 bits per heavy atom. The zero-order chi connectivity index (χ0) is 15.5. The maximum atomic E-state index is 12.0. The van der Waals surface area contributed by atoms with Crippen LogP contribution in [0.5, 0.6) is 0 Å². The maximum absolute atomic E-state index is 12.0. The summed E-state index contributed by atoms with van der Waals surface area (Å²) < 4.78 is 29.0. The van der Waals surface area contributed by atoms with Crippen LogP contribution in [0.25, 0.3) is 0 Å². The lowest BCUT2D eigenvalue weighted by Gasteiger charge is -2.30. The molecule has 0 aliphatic heterocycles. The van der Waals surface area contributed by atoms with Crippen molar-refractivity contribution in [2.24, 2.45) is 5.41 Å². The second-order valence-electron chi connectivity index (χ2n) is 6.85. The summed E-state index contributed by atoms with van der Waals surface area (Å²) >= 11 is 0. The van der Waals surface area contributed by atoms with Crippen molar-refractivity contribution in [3.63, 3.8) is 0 Å². The zero-order valence-electron chi connectivity index (χ0n) is 13.0. The molecule has 0 aromatic heterocycles. The molecule has 0 aliphatic carbocycles. The molecule has 0 saturated heterocycles. The maximum Gasteiger partial charge on any atom is 0.321 e. The number of ether oxygens (including phenoxy) is 1. The van der Waals surface area contributed by atoms with Crippen molar-refractivity contribution in [3.05, 3.63) is 0 Å². The average Bonchev–Trinajstić information content (AvgIpc) is 2.07. The third-order valence-corrected chi connectivity index (χ3v) is 4.09. The molecule has 19 heavy (non-hydrogen) atoms. The third-order valence-electron chi connectivity index (χ3n) is 2.57. The van der Waals surface area contributed by atoms with E-state index in [1.807, 2.05) is 20.8 Å². The van der Waals surface area contributed by atoms with Gasteiger partial charge in [-0.1, -0.05) is 20.8 Å². The van der Waals surface area contributed by atoms with E-state index in [9.17, 15) is 13.2 Å². The van der Waals surface area contributed by atoms with E-state index in [4.69, 9.17) is 4.74 Å². The smallest absolute Gasteiger partial charge is 0.321 e. The summed E-state index contributed by atoms with van der Waals surface area (Å²) in [5.41, 5.74) is -0.866. The van der Waals surface area contributed by atoms with Gasteiger partial charge in [0.25, 0.3) is 0 Å². The molecule has 0 aromatic carbocycles. The molecule has 6 heteroatoms. The van der Waals surface area contributed by atoms with E-state index >= 15 is 0 Å². The van der Waals surface area contributed by atoms with Gasteiger partial charge in [0, 0.05) is 6.04 Å². The van der Waals surface area contributed by atoms with Crippen molar-refractivity contribution in [1.29, 1.82) is 0 Å². The van der Waals surface area contributed by atoms with Crippen molar-refractivity contribution in [2.75, 3.05) is 18.6 Å². The van der Waals surface area contributed by atoms with E-state index in [0.717, 1.165) is 0 Å². The van der Waals surface area contributed by atoms with Crippen LogP contribution in [-0.2, 0) is 19.4 Å². The predicted octanol–water partition coefficient (Wildman–Crippen LogP) is 1.38. The van der Waals surface area contributed by atoms with Gasteiger partial charge in [-0.25, -0.2) is 8.42 Å². The lowest BCUT2D eigenvalue weighted by Crippen LogP contribution is -2.44. The van der Waals surface area contributed by atoms with E-state index in [1.54, 1.807) is 27.8 Å². The second kappa shape index (κ2) is 6.22. The molecule has 1 unspecified atom stereocenters. The van der Waals surface area contributed by atoms with Gasteiger partial charge in [0.15, 0.2) is 9.84 Å². The molecule has 0 aromatic rings. The monoisotopic (exact) mass is 293 g/mol. The van der Waals surface area contributed by atoms with Crippen LogP contribution in [0.4, 0.5) is 0 Å². The molecule has 0 saturated carbocycles. The summed E-state index contributed by atoms with van der Waals surface area (Å²) in [5.74, 6) is -1.35. The number of carbonyl (C=O) groups excluding carboxylic acids is 1. The highest BCUT2D eigenvalue weighted by Gasteiger charge is 2.30. The summed E-state index contributed by atoms with van der Waals surface area (Å²) in [6.45, 7) is 11.0. The summed E-state index contributed by atoms with van der Waals surface area (Å²) in [4.78, 5) is 11.6. The molecule has 5 nitrogen and oxygen atoms in total. The van der Waals surface area contributed by atoms with Gasteiger partial charge in [0.2, 0.25) is 0 Å². The SMILES string of the molecule is CNC(CS(=O)(=O)CC(=O)OC(C)(C)C)C(C)(C)C. The standard InChI is InChI=1S/C13H27NO4S/c1-12(2,3)10(14-7)8-19(16,17)9-11(15)18-13(4,5)6/h10,14H,8-9H2,1-7H3. The number of hydrogen-bond acceptors (Lipinski definition) is 5. The van der Waals surface area contributed by atoms with Crippen LogP contribution in [0.2, 0.25) is 0 Å². The highest BCUT2D eigenvalue weighted by Crippen LogP contribution is 2.20. The van der Waals surface area contributed by atoms with Crippen LogP contribution >= 0.6 is 0 Å². The highest BCUT2D eigenvalue weighted by atomic mass is 32.2. The summed E-state index contributed by atoms with van der Waals surface area (Å²) in [7, 11) is -1.76. The molecule has 1 N–H and O–H groups in total. The Morgan fingerprint density at radius 2 is 1.63 bits per heavy atom. The van der Waals surface area contributed by atoms with Gasteiger partial charge >= 0.3 is 5.97 Å². The van der Waals surface area contributed by atoms with E-state index < -0.39 is 27.2 Å². The Bertz CT molecular complexity index is 401. The van der Waals surface area contributed by atoms with Crippen LogP contribution < -0.4 is 5.32 Å². The van der Waals surface area contributed by atoms with Crippen molar-refractivity contribution >= 4 is 15.8 Å². The van der Waals surface area contributed by atoms with Gasteiger partial charge in [-0.05, 0) is 33.2 Å². The Hall–Kier alpha value is -0.620. The minimum absolute atomic E-state index is 0.0771. The van der Waals surface area contributed by atoms with Crippen LogP contribution in [0.1, 0.15) is 41.5 Å². The minimum atomic E-state index is -3.48. The van der Waals surface area contributed by atoms with Crippen LogP contribution in [0, 0.1) is 5.41 Å². The molecule has 0 rings (SSSR count). The fraction of sp³-hybridized carbons (Fsp3) is 0.923. The summed E-state index contributed by atoms with van der Waals surface area (Å²) in [6, 6.07) is -0.208. The molecule has 0 aliphatic rings. The molecule has 0 spiro atoms. The summed E-state index contributed by atoms with van der Waals surface area (Å²) in [5, 5.41) is 2.99. The average molecular weight is 293 g/mol. The van der Waals surface area contributed by atoms with Crippen molar-refractivity contribution in [3.8, 4) is 0 Å². The molecule has 0 bridgehead atoms. The van der Waals surface area contributed by atoms with E-state index in [1.165, 1.54) is 0 Å². The normalized spacial score (nSPS) is 15.1. The first kappa shape index (κ1) is 18.4. The zero-order valence-corrected chi connectivity index (χ0v) is 13.8.